The minimum atomic E-state index is -0.172. The van der Waals surface area contributed by atoms with Crippen molar-refractivity contribution in [2.45, 2.75) is 83.5 Å². The van der Waals surface area contributed by atoms with Crippen LogP contribution >= 0.6 is 0 Å². The monoisotopic (exact) mass is 282 g/mol. The lowest BCUT2D eigenvalue weighted by Gasteiger charge is -2.39. The molecule has 1 saturated heterocycles. The molecule has 4 nitrogen and oxygen atoms in total. The van der Waals surface area contributed by atoms with Gasteiger partial charge in [-0.25, -0.2) is 0 Å². The van der Waals surface area contributed by atoms with E-state index >= 15 is 0 Å². The predicted octanol–water partition coefficient (Wildman–Crippen LogP) is 1.91. The van der Waals surface area contributed by atoms with Crippen molar-refractivity contribution in [2.75, 3.05) is 6.54 Å². The van der Waals surface area contributed by atoms with Gasteiger partial charge in [-0.3, -0.25) is 9.69 Å². The van der Waals surface area contributed by atoms with E-state index in [1.807, 2.05) is 20.8 Å². The lowest BCUT2D eigenvalue weighted by molar-refractivity contribution is -0.127. The van der Waals surface area contributed by atoms with Crippen molar-refractivity contribution in [3.63, 3.8) is 0 Å². The maximum atomic E-state index is 12.2. The van der Waals surface area contributed by atoms with E-state index in [0.717, 1.165) is 38.6 Å². The summed E-state index contributed by atoms with van der Waals surface area (Å²) in [6, 6.07) is 0.489. The summed E-state index contributed by atoms with van der Waals surface area (Å²) in [4.78, 5) is 14.6. The van der Waals surface area contributed by atoms with Gasteiger partial charge in [0.1, 0.15) is 0 Å². The number of carbonyl (C=O) groups is 1. The lowest BCUT2D eigenvalue weighted by Crippen LogP contribution is -2.52. The van der Waals surface area contributed by atoms with Crippen molar-refractivity contribution < 1.29 is 9.90 Å². The summed E-state index contributed by atoms with van der Waals surface area (Å²) in [6.07, 6.45) is 6.51. The van der Waals surface area contributed by atoms with Crippen molar-refractivity contribution in [3.8, 4) is 0 Å². The van der Waals surface area contributed by atoms with Gasteiger partial charge in [0.05, 0.1) is 12.1 Å². The number of amides is 1. The molecule has 20 heavy (non-hydrogen) atoms. The largest absolute Gasteiger partial charge is 0.393 e. The molecular formula is C16H30N2O2. The van der Waals surface area contributed by atoms with Crippen LogP contribution in [-0.4, -0.2) is 46.7 Å². The first-order chi connectivity index (χ1) is 9.50. The standard InChI is InChI=1S/C16H30N2O2/c1-11(2)17-16(20)12(3)18-10-6-8-14(18)13-7-4-5-9-15(13)19/h11-15,19H,4-10H2,1-3H3,(H,17,20). The molecule has 0 radical (unpaired) electrons. The molecule has 4 atom stereocenters. The van der Waals surface area contributed by atoms with E-state index < -0.39 is 0 Å². The zero-order valence-electron chi connectivity index (χ0n) is 13.1. The van der Waals surface area contributed by atoms with Crippen LogP contribution in [0.3, 0.4) is 0 Å². The van der Waals surface area contributed by atoms with E-state index in [9.17, 15) is 9.90 Å². The normalized spacial score (nSPS) is 33.4. The molecule has 4 heteroatoms. The third kappa shape index (κ3) is 3.53. The van der Waals surface area contributed by atoms with Crippen molar-refractivity contribution in [1.82, 2.24) is 10.2 Å². The third-order valence-electron chi connectivity index (χ3n) is 4.93. The topological polar surface area (TPSA) is 52.6 Å². The summed E-state index contributed by atoms with van der Waals surface area (Å²) in [5.74, 6) is 0.484. The van der Waals surface area contributed by atoms with E-state index in [1.54, 1.807) is 0 Å². The highest BCUT2D eigenvalue weighted by molar-refractivity contribution is 5.81. The number of nitrogens with one attached hydrogen (secondary N) is 1. The summed E-state index contributed by atoms with van der Waals surface area (Å²) < 4.78 is 0. The Kier molecular flexibility index (Phi) is 5.44. The number of rotatable bonds is 4. The summed E-state index contributed by atoms with van der Waals surface area (Å²) in [6.45, 7) is 6.99. The highest BCUT2D eigenvalue weighted by atomic mass is 16.3. The van der Waals surface area contributed by atoms with Gasteiger partial charge in [-0.2, -0.15) is 0 Å². The number of likely N-dealkylation sites (tertiary alicyclic amines) is 1. The molecule has 0 aromatic heterocycles. The number of aliphatic hydroxyl groups is 1. The minimum absolute atomic E-state index is 0.0842. The average molecular weight is 282 g/mol. The SMILES string of the molecule is CC(C)NC(=O)C(C)N1CCCC1C1CCCCC1O. The van der Waals surface area contributed by atoms with Gasteiger partial charge in [-0.15, -0.1) is 0 Å². The van der Waals surface area contributed by atoms with Gasteiger partial charge in [0, 0.05) is 18.0 Å². The Bertz CT molecular complexity index is 332. The van der Waals surface area contributed by atoms with Gasteiger partial charge in [0.2, 0.25) is 5.91 Å². The van der Waals surface area contributed by atoms with E-state index in [4.69, 9.17) is 0 Å². The molecule has 0 spiro atoms. The highest BCUT2D eigenvalue weighted by Crippen LogP contribution is 2.35. The highest BCUT2D eigenvalue weighted by Gasteiger charge is 2.40. The number of nitrogens with zero attached hydrogens (tertiary/aromatic N) is 1. The van der Waals surface area contributed by atoms with Crippen LogP contribution < -0.4 is 5.32 Å². The first-order valence-corrected chi connectivity index (χ1v) is 8.25. The van der Waals surface area contributed by atoms with Crippen LogP contribution in [0.15, 0.2) is 0 Å². The molecule has 2 N–H and O–H groups in total. The number of hydrogen-bond acceptors (Lipinski definition) is 3. The predicted molar refractivity (Wildman–Crippen MR) is 80.4 cm³/mol. The van der Waals surface area contributed by atoms with E-state index in [-0.39, 0.29) is 24.1 Å². The van der Waals surface area contributed by atoms with Gasteiger partial charge < -0.3 is 10.4 Å². The van der Waals surface area contributed by atoms with Crippen LogP contribution in [0.1, 0.15) is 59.3 Å². The lowest BCUT2D eigenvalue weighted by atomic mass is 9.80. The van der Waals surface area contributed by atoms with Crippen LogP contribution in [0.4, 0.5) is 0 Å². The molecule has 2 fully saturated rings. The van der Waals surface area contributed by atoms with Gasteiger partial charge in [0.15, 0.2) is 0 Å². The van der Waals surface area contributed by atoms with Crippen molar-refractivity contribution in [1.29, 1.82) is 0 Å². The molecule has 1 aliphatic carbocycles. The van der Waals surface area contributed by atoms with Crippen LogP contribution in [-0.2, 0) is 4.79 Å². The second-order valence-electron chi connectivity index (χ2n) is 6.80. The van der Waals surface area contributed by atoms with Crippen LogP contribution in [0, 0.1) is 5.92 Å². The molecular weight excluding hydrogens is 252 g/mol. The summed E-state index contributed by atoms with van der Waals surface area (Å²) >= 11 is 0. The first-order valence-electron chi connectivity index (χ1n) is 8.25. The van der Waals surface area contributed by atoms with Gasteiger partial charge in [-0.05, 0) is 53.0 Å². The second-order valence-corrected chi connectivity index (χ2v) is 6.80. The third-order valence-corrected chi connectivity index (χ3v) is 4.93. The zero-order chi connectivity index (χ0) is 14.7. The molecule has 4 unspecified atom stereocenters. The Labute approximate surface area is 122 Å². The van der Waals surface area contributed by atoms with Crippen molar-refractivity contribution in [3.05, 3.63) is 0 Å². The molecule has 0 aromatic carbocycles. The van der Waals surface area contributed by atoms with E-state index in [0.29, 0.717) is 12.0 Å². The Balaban J connectivity index is 2.00. The van der Waals surface area contributed by atoms with E-state index in [1.165, 1.54) is 6.42 Å². The minimum Gasteiger partial charge on any atom is -0.393 e. The average Bonchev–Trinajstić information content (AvgIpc) is 2.86. The van der Waals surface area contributed by atoms with Crippen LogP contribution in [0.2, 0.25) is 0 Å². The molecule has 0 aromatic rings. The Morgan fingerprint density at radius 2 is 1.85 bits per heavy atom. The first kappa shape index (κ1) is 15.8. The van der Waals surface area contributed by atoms with Crippen LogP contribution in [0.5, 0.6) is 0 Å². The maximum absolute atomic E-state index is 12.2. The zero-order valence-corrected chi connectivity index (χ0v) is 13.1. The Morgan fingerprint density at radius 1 is 1.15 bits per heavy atom. The number of hydrogen-bond donors (Lipinski definition) is 2. The molecule has 1 amide bonds. The van der Waals surface area contributed by atoms with Crippen molar-refractivity contribution in [2.24, 2.45) is 5.92 Å². The van der Waals surface area contributed by atoms with E-state index in [2.05, 4.69) is 10.2 Å². The fraction of sp³-hybridized carbons (Fsp3) is 0.938. The fourth-order valence-electron chi connectivity index (χ4n) is 3.90. The summed E-state index contributed by atoms with van der Waals surface area (Å²) in [7, 11) is 0. The maximum Gasteiger partial charge on any atom is 0.237 e. The quantitative estimate of drug-likeness (QED) is 0.828. The second kappa shape index (κ2) is 6.90. The number of aliphatic hydroxyl groups excluding tert-OH is 1. The summed E-state index contributed by atoms with van der Waals surface area (Å²) in [5.41, 5.74) is 0. The van der Waals surface area contributed by atoms with Gasteiger partial charge in [0.25, 0.3) is 0 Å². The summed E-state index contributed by atoms with van der Waals surface area (Å²) in [5, 5.41) is 13.3. The molecule has 2 aliphatic rings. The Hall–Kier alpha value is -0.610. The molecule has 116 valence electrons. The number of carbonyl (C=O) groups excluding carboxylic acids is 1. The molecule has 1 aliphatic heterocycles. The molecule has 0 bridgehead atoms. The molecule has 1 heterocycles. The van der Waals surface area contributed by atoms with Crippen LogP contribution in [0.25, 0.3) is 0 Å². The fourth-order valence-corrected chi connectivity index (χ4v) is 3.90. The van der Waals surface area contributed by atoms with Gasteiger partial charge >= 0.3 is 0 Å². The van der Waals surface area contributed by atoms with Gasteiger partial charge in [-0.1, -0.05) is 12.8 Å². The Morgan fingerprint density at radius 3 is 2.50 bits per heavy atom. The van der Waals surface area contributed by atoms with Crippen molar-refractivity contribution >= 4 is 5.91 Å². The molecule has 2 rings (SSSR count). The smallest absolute Gasteiger partial charge is 0.237 e. The molecule has 1 saturated carbocycles.